The van der Waals surface area contributed by atoms with Crippen LogP contribution in [0.2, 0.25) is 0 Å². The van der Waals surface area contributed by atoms with E-state index in [-0.39, 0.29) is 51.6 Å². The van der Waals surface area contributed by atoms with Gasteiger partial charge >= 0.3 is 0 Å². The smallest absolute Gasteiger partial charge is 0.199 e. The first kappa shape index (κ1) is 52.1. The minimum Gasteiger partial charge on any atom is -0.493 e. The predicted molar refractivity (Wildman–Crippen MR) is 264 cm³/mol. The second-order valence-corrected chi connectivity index (χ2v) is 17.4. The van der Waals surface area contributed by atoms with Crippen molar-refractivity contribution in [1.82, 2.24) is 39.5 Å². The van der Waals surface area contributed by atoms with Crippen molar-refractivity contribution in [3.63, 3.8) is 0 Å². The van der Waals surface area contributed by atoms with E-state index < -0.39 is 11.6 Å². The standard InChI is InChI=1S/C17H23FN4O2.C17H21FN4O2.C8H17N.C8H15N/c2*1-4-22-7-5-10(6-8-22)17-20-14-11(16(19)21-17)9-12(23-2)15(24-3)13(14)18;2*1-3-9-6-4-8(2)5-7-9/h9-10H,4-8H2,1-3H3,(H2,19,20,21);5,9H,4,6-8H2,1-3H3,(H2,19,20,21);8H,3-7H2,1-2H3;4H,3,5-7H2,1-2H3. The van der Waals surface area contributed by atoms with Crippen LogP contribution < -0.4 is 30.4 Å². The summed E-state index contributed by atoms with van der Waals surface area (Å²) in [4.78, 5) is 27.3. The van der Waals surface area contributed by atoms with Gasteiger partial charge in [0.2, 0.25) is 0 Å². The fourth-order valence-corrected chi connectivity index (χ4v) is 8.63. The van der Waals surface area contributed by atoms with Crippen molar-refractivity contribution in [3.8, 4) is 23.0 Å². The van der Waals surface area contributed by atoms with Gasteiger partial charge in [0, 0.05) is 42.9 Å². The molecule has 2 aromatic carbocycles. The van der Waals surface area contributed by atoms with Crippen molar-refractivity contribution in [3.05, 3.63) is 53.1 Å². The van der Waals surface area contributed by atoms with Crippen LogP contribution >= 0.6 is 0 Å². The van der Waals surface area contributed by atoms with E-state index in [1.165, 1.54) is 87.0 Å². The van der Waals surface area contributed by atoms with E-state index in [1.54, 1.807) is 17.7 Å². The Morgan fingerprint density at radius 1 is 0.591 bits per heavy atom. The molecule has 14 nitrogen and oxygen atoms in total. The van der Waals surface area contributed by atoms with Gasteiger partial charge < -0.3 is 40.2 Å². The van der Waals surface area contributed by atoms with Gasteiger partial charge in [-0.2, -0.15) is 0 Å². The third-order valence-electron chi connectivity index (χ3n) is 13.3. The van der Waals surface area contributed by atoms with Crippen LogP contribution in [-0.2, 0) is 0 Å². The topological polar surface area (TPSA) is 153 Å². The number of anilines is 2. The summed E-state index contributed by atoms with van der Waals surface area (Å²) >= 11 is 0. The number of aromatic nitrogens is 4. The predicted octanol–water partition coefficient (Wildman–Crippen LogP) is 8.44. The molecule has 8 rings (SSSR count). The minimum absolute atomic E-state index is 0.0174. The summed E-state index contributed by atoms with van der Waals surface area (Å²) in [6.45, 7) is 26.6. The monoisotopic (exact) mass is 919 g/mol. The number of ether oxygens (including phenoxy) is 4. The molecule has 4 aliphatic rings. The molecule has 0 bridgehead atoms. The number of nitrogen functional groups attached to an aromatic ring is 2. The normalized spacial score (nSPS) is 17.9. The summed E-state index contributed by atoms with van der Waals surface area (Å²) in [5.41, 5.74) is 15.0. The van der Waals surface area contributed by atoms with Gasteiger partial charge in [-0.05, 0) is 121 Å². The number of nitrogens with zero attached hydrogens (tertiary/aromatic N) is 8. The molecular weight excluding hydrogens is 843 g/mol. The molecule has 2 aromatic heterocycles. The van der Waals surface area contributed by atoms with Gasteiger partial charge in [-0.15, -0.1) is 0 Å². The molecule has 4 N–H and O–H groups in total. The third-order valence-corrected chi connectivity index (χ3v) is 13.3. The molecule has 0 amide bonds. The van der Waals surface area contributed by atoms with E-state index in [9.17, 15) is 8.78 Å². The maximum Gasteiger partial charge on any atom is 0.199 e. The molecule has 0 radical (unpaired) electrons. The molecule has 4 aliphatic heterocycles. The van der Waals surface area contributed by atoms with Crippen LogP contribution in [0.4, 0.5) is 20.4 Å². The molecule has 2 fully saturated rings. The molecule has 66 heavy (non-hydrogen) atoms. The Balaban J connectivity index is 0.000000181. The van der Waals surface area contributed by atoms with Crippen LogP contribution in [0.25, 0.3) is 27.4 Å². The highest BCUT2D eigenvalue weighted by Crippen LogP contribution is 2.39. The van der Waals surface area contributed by atoms with Gasteiger partial charge in [0.1, 0.15) is 28.5 Å². The Kier molecular flexibility index (Phi) is 20.0. The highest BCUT2D eigenvalue weighted by Gasteiger charge is 2.26. The van der Waals surface area contributed by atoms with E-state index >= 15 is 0 Å². The van der Waals surface area contributed by atoms with Gasteiger partial charge in [-0.25, -0.2) is 28.7 Å². The van der Waals surface area contributed by atoms with Gasteiger partial charge in [0.15, 0.2) is 40.5 Å². The zero-order valence-corrected chi connectivity index (χ0v) is 41.3. The van der Waals surface area contributed by atoms with Crippen LogP contribution in [0.5, 0.6) is 23.0 Å². The summed E-state index contributed by atoms with van der Waals surface area (Å²) < 4.78 is 50.1. The Labute approximate surface area is 391 Å². The van der Waals surface area contributed by atoms with Crippen molar-refractivity contribution in [2.24, 2.45) is 5.92 Å². The summed E-state index contributed by atoms with van der Waals surface area (Å²) in [6, 6.07) is 3.22. The largest absolute Gasteiger partial charge is 0.493 e. The maximum absolute atomic E-state index is 14.8. The van der Waals surface area contributed by atoms with E-state index in [1.807, 2.05) is 0 Å². The maximum atomic E-state index is 14.8. The highest BCUT2D eigenvalue weighted by atomic mass is 19.1. The average Bonchev–Trinajstić information content (AvgIpc) is 3.35. The minimum atomic E-state index is -0.589. The van der Waals surface area contributed by atoms with Crippen LogP contribution in [-0.4, -0.2) is 147 Å². The number of piperidine rings is 2. The first-order chi connectivity index (χ1) is 31.8. The third kappa shape index (κ3) is 13.2. The van der Waals surface area contributed by atoms with Gasteiger partial charge in [-0.3, -0.25) is 9.80 Å². The van der Waals surface area contributed by atoms with E-state index in [0.29, 0.717) is 22.4 Å². The lowest BCUT2D eigenvalue weighted by Crippen LogP contribution is -2.33. The summed E-state index contributed by atoms with van der Waals surface area (Å²) in [5.74, 6) is 2.22. The van der Waals surface area contributed by atoms with Gasteiger partial charge in [-0.1, -0.05) is 52.3 Å². The first-order valence-electron chi connectivity index (χ1n) is 23.8. The van der Waals surface area contributed by atoms with Crippen LogP contribution in [0.1, 0.15) is 97.6 Å². The number of hydrogen-bond donors (Lipinski definition) is 2. The molecule has 0 unspecified atom stereocenters. The van der Waals surface area contributed by atoms with Crippen molar-refractivity contribution >= 4 is 39.0 Å². The first-order valence-corrected chi connectivity index (χ1v) is 23.8. The van der Waals surface area contributed by atoms with Crippen LogP contribution in [0.15, 0.2) is 29.9 Å². The average molecular weight is 919 g/mol. The summed E-state index contributed by atoms with van der Waals surface area (Å²) in [7, 11) is 5.69. The summed E-state index contributed by atoms with van der Waals surface area (Å²) in [5, 5.41) is 0.861. The zero-order valence-electron chi connectivity index (χ0n) is 41.3. The van der Waals surface area contributed by atoms with Crippen LogP contribution in [0, 0.1) is 17.6 Å². The Morgan fingerprint density at radius 2 is 1.06 bits per heavy atom. The number of hydrogen-bond acceptors (Lipinski definition) is 14. The molecule has 0 saturated carbocycles. The Morgan fingerprint density at radius 3 is 1.50 bits per heavy atom. The molecule has 6 heterocycles. The number of methoxy groups -OCH3 is 4. The number of benzene rings is 2. The number of nitrogens with two attached hydrogens (primary N) is 2. The van der Waals surface area contributed by atoms with Crippen molar-refractivity contribution in [1.29, 1.82) is 0 Å². The van der Waals surface area contributed by atoms with Crippen molar-refractivity contribution in [2.45, 2.75) is 86.0 Å². The molecule has 0 atom stereocenters. The van der Waals surface area contributed by atoms with Crippen molar-refractivity contribution < 1.29 is 27.7 Å². The fraction of sp³-hybridized carbons (Fsp3) is 0.600. The second-order valence-electron chi connectivity index (χ2n) is 17.4. The van der Waals surface area contributed by atoms with E-state index in [0.717, 1.165) is 70.0 Å². The molecule has 0 spiro atoms. The SMILES string of the molecule is CCN1CC=C(C)CC1.CCN1CC=C(c2nc(N)c3cc(OC)c(OC)c(F)c3n2)CC1.CCN1CCC(C)CC1.CCN1CCC(c2nc(N)c3cc(OC)c(OC)c(F)c3n2)CC1. The highest BCUT2D eigenvalue weighted by molar-refractivity contribution is 5.93. The number of likely N-dealkylation sites (tertiary alicyclic amines) is 2. The quantitative estimate of drug-likeness (QED) is 0.146. The zero-order chi connectivity index (χ0) is 47.9. The molecule has 2 saturated heterocycles. The summed E-state index contributed by atoms with van der Waals surface area (Å²) in [6.07, 6.45) is 11.2. The van der Waals surface area contributed by atoms with E-state index in [2.05, 4.69) is 93.2 Å². The van der Waals surface area contributed by atoms with Gasteiger partial charge in [0.25, 0.3) is 0 Å². The molecule has 4 aromatic rings. The number of halogens is 2. The van der Waals surface area contributed by atoms with E-state index in [4.69, 9.17) is 30.4 Å². The number of rotatable bonds is 10. The molecule has 16 heteroatoms. The molecular formula is C50H76F2N10O4. The molecule has 364 valence electrons. The Bertz CT molecular complexity index is 2260. The van der Waals surface area contributed by atoms with Gasteiger partial charge in [0.05, 0.1) is 28.4 Å². The Hall–Kier alpha value is -4.90. The fourth-order valence-electron chi connectivity index (χ4n) is 8.63. The lowest BCUT2D eigenvalue weighted by molar-refractivity contribution is 0.201. The lowest BCUT2D eigenvalue weighted by atomic mass is 9.95. The number of likely N-dealkylation sites (N-methyl/N-ethyl adjacent to an activating group) is 2. The molecule has 0 aliphatic carbocycles. The second kappa shape index (κ2) is 25.3. The van der Waals surface area contributed by atoms with Crippen LogP contribution in [0.3, 0.4) is 0 Å². The van der Waals surface area contributed by atoms with Crippen molar-refractivity contribution in [2.75, 3.05) is 118 Å². The lowest BCUT2D eigenvalue weighted by Gasteiger charge is -2.30. The number of fused-ring (bicyclic) bond motifs is 2.